The lowest BCUT2D eigenvalue weighted by molar-refractivity contribution is 0.0274. The average molecular weight is 481 g/mol. The van der Waals surface area contributed by atoms with E-state index in [9.17, 15) is 9.59 Å². The van der Waals surface area contributed by atoms with Crippen LogP contribution in [0.4, 0.5) is 9.59 Å². The predicted molar refractivity (Wildman–Crippen MR) is 133 cm³/mol. The number of likely N-dealkylation sites (tertiary alicyclic amines) is 2. The lowest BCUT2D eigenvalue weighted by Gasteiger charge is -2.27. The molecule has 2 amide bonds. The smallest absolute Gasteiger partial charge is 0.410 e. The van der Waals surface area contributed by atoms with Crippen LogP contribution in [-0.4, -0.2) is 71.5 Å². The topological polar surface area (TPSA) is 111 Å². The zero-order chi connectivity index (χ0) is 25.3. The Kier molecular flexibility index (Phi) is 8.44. The standard InChI is InChI=1S/2C13H24N2O2/c2*1-13(2,3)17-12(16)15-7-9-4-5-11(14)6-10(9)8-15/h2*9-11H,4-8,14H2,1-3H3/t2*9-,10+,11-/m10/s1. The molecule has 8 heteroatoms. The normalized spacial score (nSPS) is 33.4. The average Bonchev–Trinajstić information content (AvgIpc) is 3.29. The van der Waals surface area contributed by atoms with E-state index in [4.69, 9.17) is 20.9 Å². The molecule has 0 aromatic heterocycles. The monoisotopic (exact) mass is 480 g/mol. The van der Waals surface area contributed by atoms with Crippen molar-refractivity contribution in [3.8, 4) is 0 Å². The van der Waals surface area contributed by atoms with Crippen LogP contribution in [0.5, 0.6) is 0 Å². The molecule has 2 heterocycles. The van der Waals surface area contributed by atoms with Crippen molar-refractivity contribution in [1.82, 2.24) is 9.80 Å². The molecule has 0 spiro atoms. The van der Waals surface area contributed by atoms with E-state index >= 15 is 0 Å². The molecule has 34 heavy (non-hydrogen) atoms. The molecule has 4 rings (SSSR count). The molecule has 2 aliphatic carbocycles. The summed E-state index contributed by atoms with van der Waals surface area (Å²) in [6, 6.07) is 0.657. The third-order valence-electron chi connectivity index (χ3n) is 7.48. The van der Waals surface area contributed by atoms with Crippen LogP contribution in [0.15, 0.2) is 0 Å². The summed E-state index contributed by atoms with van der Waals surface area (Å²) in [6.45, 7) is 14.8. The summed E-state index contributed by atoms with van der Waals surface area (Å²) >= 11 is 0. The fourth-order valence-corrected chi connectivity index (χ4v) is 5.89. The third-order valence-corrected chi connectivity index (χ3v) is 7.48. The van der Waals surface area contributed by atoms with Crippen LogP contribution in [0.3, 0.4) is 0 Å². The summed E-state index contributed by atoms with van der Waals surface area (Å²) in [7, 11) is 0. The van der Waals surface area contributed by atoms with E-state index in [0.29, 0.717) is 35.8 Å². The molecule has 4 fully saturated rings. The van der Waals surface area contributed by atoms with E-state index in [0.717, 1.165) is 64.7 Å². The summed E-state index contributed by atoms with van der Waals surface area (Å²) in [4.78, 5) is 27.6. The molecule has 4 N–H and O–H groups in total. The number of nitrogens with two attached hydrogens (primary N) is 2. The molecule has 0 unspecified atom stereocenters. The summed E-state index contributed by atoms with van der Waals surface area (Å²) < 4.78 is 10.8. The van der Waals surface area contributed by atoms with Gasteiger partial charge in [-0.1, -0.05) is 0 Å². The van der Waals surface area contributed by atoms with Crippen LogP contribution < -0.4 is 11.5 Å². The number of nitrogens with zero attached hydrogens (tertiary/aromatic N) is 2. The lowest BCUT2D eigenvalue weighted by Crippen LogP contribution is -2.35. The highest BCUT2D eigenvalue weighted by Gasteiger charge is 2.41. The van der Waals surface area contributed by atoms with Crippen molar-refractivity contribution >= 4 is 12.2 Å². The molecule has 4 aliphatic rings. The van der Waals surface area contributed by atoms with Gasteiger partial charge >= 0.3 is 12.2 Å². The maximum Gasteiger partial charge on any atom is 0.410 e. The van der Waals surface area contributed by atoms with Gasteiger partial charge in [-0.05, 0) is 104 Å². The second-order valence-corrected chi connectivity index (χ2v) is 13.0. The third kappa shape index (κ3) is 7.74. The molecule has 8 nitrogen and oxygen atoms in total. The number of fused-ring (bicyclic) bond motifs is 2. The van der Waals surface area contributed by atoms with Gasteiger partial charge < -0.3 is 30.7 Å². The van der Waals surface area contributed by atoms with Crippen LogP contribution >= 0.6 is 0 Å². The SMILES string of the molecule is CC(C)(C)OC(=O)N1C[C@H]2CC[C@@H](N)C[C@H]2C1.CC(C)(C)OC(=O)N1C[C@H]2C[C@@H](N)CC[C@H]2C1. The zero-order valence-electron chi connectivity index (χ0n) is 22.2. The minimum absolute atomic E-state index is 0.166. The Morgan fingerprint density at radius 3 is 1.26 bits per heavy atom. The van der Waals surface area contributed by atoms with Crippen LogP contribution in [0.2, 0.25) is 0 Å². The Bertz CT molecular complexity index is 657. The van der Waals surface area contributed by atoms with Gasteiger partial charge in [0.2, 0.25) is 0 Å². The summed E-state index contributed by atoms with van der Waals surface area (Å²) in [5.41, 5.74) is 11.2. The van der Waals surface area contributed by atoms with Crippen LogP contribution in [0.1, 0.15) is 80.1 Å². The van der Waals surface area contributed by atoms with Crippen molar-refractivity contribution in [3.05, 3.63) is 0 Å². The number of carbonyl (C=O) groups is 2. The van der Waals surface area contributed by atoms with Gasteiger partial charge in [0.1, 0.15) is 11.2 Å². The van der Waals surface area contributed by atoms with E-state index in [1.165, 1.54) is 0 Å². The van der Waals surface area contributed by atoms with Gasteiger partial charge in [-0.15, -0.1) is 0 Å². The molecule has 0 radical (unpaired) electrons. The molecule has 0 bridgehead atoms. The van der Waals surface area contributed by atoms with Crippen LogP contribution in [0, 0.1) is 23.7 Å². The zero-order valence-corrected chi connectivity index (χ0v) is 22.2. The van der Waals surface area contributed by atoms with Crippen molar-refractivity contribution in [3.63, 3.8) is 0 Å². The highest BCUT2D eigenvalue weighted by molar-refractivity contribution is 5.69. The van der Waals surface area contributed by atoms with E-state index < -0.39 is 11.2 Å². The Morgan fingerprint density at radius 2 is 0.941 bits per heavy atom. The molecule has 0 aromatic rings. The first-order chi connectivity index (χ1) is 15.7. The Morgan fingerprint density at radius 1 is 0.618 bits per heavy atom. The summed E-state index contributed by atoms with van der Waals surface area (Å²) in [5.74, 6) is 2.46. The number of hydrogen-bond donors (Lipinski definition) is 2. The molecule has 6 atom stereocenters. The summed E-state index contributed by atoms with van der Waals surface area (Å²) in [6.07, 6.45) is 6.30. The van der Waals surface area contributed by atoms with Crippen molar-refractivity contribution in [1.29, 1.82) is 0 Å². The second kappa shape index (κ2) is 10.6. The molecule has 2 aliphatic heterocycles. The molecule has 196 valence electrons. The number of amides is 2. The Balaban J connectivity index is 0.000000191. The van der Waals surface area contributed by atoms with E-state index in [2.05, 4.69) is 0 Å². The Labute approximate surface area is 206 Å². The minimum atomic E-state index is -0.402. The molecule has 0 aromatic carbocycles. The van der Waals surface area contributed by atoms with Gasteiger partial charge in [-0.25, -0.2) is 9.59 Å². The van der Waals surface area contributed by atoms with Crippen molar-refractivity contribution in [2.75, 3.05) is 26.2 Å². The van der Waals surface area contributed by atoms with Gasteiger partial charge in [-0.2, -0.15) is 0 Å². The Hall–Kier alpha value is -1.54. The van der Waals surface area contributed by atoms with Gasteiger partial charge in [-0.3, -0.25) is 0 Å². The summed E-state index contributed by atoms with van der Waals surface area (Å²) in [5, 5.41) is 0. The fraction of sp³-hybridized carbons (Fsp3) is 0.923. The highest BCUT2D eigenvalue weighted by atomic mass is 16.6. The van der Waals surface area contributed by atoms with Crippen molar-refractivity contribution in [2.45, 2.75) is 103 Å². The van der Waals surface area contributed by atoms with Gasteiger partial charge in [0.25, 0.3) is 0 Å². The van der Waals surface area contributed by atoms with Crippen LogP contribution in [-0.2, 0) is 9.47 Å². The molecular weight excluding hydrogens is 432 g/mol. The minimum Gasteiger partial charge on any atom is -0.444 e. The lowest BCUT2D eigenvalue weighted by atomic mass is 9.79. The first-order valence-electron chi connectivity index (χ1n) is 13.2. The molecule has 2 saturated carbocycles. The van der Waals surface area contributed by atoms with Crippen molar-refractivity contribution < 1.29 is 19.1 Å². The number of hydrogen-bond acceptors (Lipinski definition) is 6. The largest absolute Gasteiger partial charge is 0.444 e. The fourth-order valence-electron chi connectivity index (χ4n) is 5.89. The molecular formula is C26H48N4O4. The van der Waals surface area contributed by atoms with Gasteiger partial charge in [0, 0.05) is 38.3 Å². The maximum atomic E-state index is 12.0. The second-order valence-electron chi connectivity index (χ2n) is 13.0. The van der Waals surface area contributed by atoms with Crippen LogP contribution in [0.25, 0.3) is 0 Å². The van der Waals surface area contributed by atoms with Crippen molar-refractivity contribution in [2.24, 2.45) is 35.1 Å². The number of ether oxygens (including phenoxy) is 2. The predicted octanol–water partition coefficient (Wildman–Crippen LogP) is 3.96. The maximum absolute atomic E-state index is 12.0. The number of carbonyl (C=O) groups excluding carboxylic acids is 2. The number of rotatable bonds is 0. The van der Waals surface area contributed by atoms with Gasteiger partial charge in [0.15, 0.2) is 0 Å². The highest BCUT2D eigenvalue weighted by Crippen LogP contribution is 2.37. The first kappa shape index (κ1) is 27.1. The van der Waals surface area contributed by atoms with E-state index in [1.807, 2.05) is 51.3 Å². The molecule has 2 saturated heterocycles. The van der Waals surface area contributed by atoms with Gasteiger partial charge in [0.05, 0.1) is 0 Å². The quantitative estimate of drug-likeness (QED) is 0.543. The first-order valence-corrected chi connectivity index (χ1v) is 13.2. The van der Waals surface area contributed by atoms with E-state index in [-0.39, 0.29) is 12.2 Å². The van der Waals surface area contributed by atoms with E-state index in [1.54, 1.807) is 0 Å².